The summed E-state index contributed by atoms with van der Waals surface area (Å²) in [6.07, 6.45) is 19.6. The number of amides is 2. The fourth-order valence-electron chi connectivity index (χ4n) is 9.80. The van der Waals surface area contributed by atoms with Crippen LogP contribution in [0, 0.1) is 46.8 Å². The molecule has 8 atom stereocenters. The number of Topliss-reactive ketones (excluding diaryl/α,β-unsaturated/α-hetero) is 1. The summed E-state index contributed by atoms with van der Waals surface area (Å²) in [5.74, 6) is 3.02. The second kappa shape index (κ2) is 18.7. The van der Waals surface area contributed by atoms with Crippen LogP contribution in [0.1, 0.15) is 144 Å². The van der Waals surface area contributed by atoms with Crippen molar-refractivity contribution in [3.05, 3.63) is 11.6 Å². The molecule has 0 spiro atoms. The molecule has 1 N–H and O–H groups in total. The number of ketones is 1. The van der Waals surface area contributed by atoms with Gasteiger partial charge in [-0.05, 0) is 99.2 Å². The molecule has 3 aliphatic carbocycles. The highest BCUT2D eigenvalue weighted by Gasteiger charge is 2.47. The first kappa shape index (κ1) is 39.4. The predicted molar refractivity (Wildman–Crippen MR) is 194 cm³/mol. The van der Waals surface area contributed by atoms with Crippen LogP contribution in [0.4, 0.5) is 4.79 Å². The van der Waals surface area contributed by atoms with Gasteiger partial charge in [0.1, 0.15) is 12.0 Å². The van der Waals surface area contributed by atoms with Crippen LogP contribution in [0.3, 0.4) is 0 Å². The Hall–Kier alpha value is -2.38. The van der Waals surface area contributed by atoms with Gasteiger partial charge in [-0.1, -0.05) is 84.8 Å². The van der Waals surface area contributed by atoms with Gasteiger partial charge in [0.15, 0.2) is 5.78 Å². The van der Waals surface area contributed by atoms with E-state index in [1.165, 1.54) is 68.3 Å². The van der Waals surface area contributed by atoms with Crippen LogP contribution in [0.15, 0.2) is 11.6 Å². The summed E-state index contributed by atoms with van der Waals surface area (Å²) in [6, 6.07) is 0. The van der Waals surface area contributed by atoms with Crippen LogP contribution >= 0.6 is 0 Å². The standard InChI is InChI=1S/C41H68N2O6/c1-7-48-39(46)35-26-43(27-37(35)44)38(45)17-9-8-10-24-42-40(47)49-33-22-23-41(6)32(25-33)20-19-31-15-12-16-34(30(5)18-21-36(31)41)29(4)14-11-13-28(2)3/h20,28-31,33-36H,7-19,21-27H2,1-6H3,(H,42,47). The van der Waals surface area contributed by atoms with E-state index < -0.39 is 11.9 Å². The summed E-state index contributed by atoms with van der Waals surface area (Å²) in [6.45, 7) is 14.8. The Kier molecular flexibility index (Phi) is 15.1. The summed E-state index contributed by atoms with van der Waals surface area (Å²) in [5, 5.41) is 2.92. The van der Waals surface area contributed by atoms with E-state index in [0.717, 1.165) is 67.6 Å². The van der Waals surface area contributed by atoms with Gasteiger partial charge >= 0.3 is 12.1 Å². The van der Waals surface area contributed by atoms with Crippen molar-refractivity contribution in [2.24, 2.45) is 46.8 Å². The van der Waals surface area contributed by atoms with Crippen LogP contribution in [-0.2, 0) is 23.9 Å². The van der Waals surface area contributed by atoms with Gasteiger partial charge in [0, 0.05) is 25.9 Å². The average molecular weight is 685 g/mol. The quantitative estimate of drug-likeness (QED) is 0.0851. The topological polar surface area (TPSA) is 102 Å². The van der Waals surface area contributed by atoms with Gasteiger partial charge in [-0.25, -0.2) is 4.79 Å². The zero-order valence-corrected chi connectivity index (χ0v) is 31.7. The number of fused-ring (bicyclic) bond motifs is 3. The molecule has 3 fully saturated rings. The second-order valence-electron chi connectivity index (χ2n) is 16.8. The molecule has 0 aromatic rings. The Morgan fingerprint density at radius 3 is 2.57 bits per heavy atom. The van der Waals surface area contributed by atoms with Gasteiger partial charge in [0.2, 0.25) is 5.91 Å². The van der Waals surface area contributed by atoms with Gasteiger partial charge in [0.25, 0.3) is 0 Å². The van der Waals surface area contributed by atoms with E-state index in [0.29, 0.717) is 19.4 Å². The molecule has 278 valence electrons. The first-order valence-electron chi connectivity index (χ1n) is 20.0. The molecular weight excluding hydrogens is 616 g/mol. The molecule has 0 bridgehead atoms. The number of ether oxygens (including phenoxy) is 2. The summed E-state index contributed by atoms with van der Waals surface area (Å²) >= 11 is 0. The number of esters is 1. The molecule has 0 aromatic carbocycles. The third-order valence-corrected chi connectivity index (χ3v) is 12.8. The highest BCUT2D eigenvalue weighted by atomic mass is 16.6. The van der Waals surface area contributed by atoms with Crippen molar-refractivity contribution in [3.63, 3.8) is 0 Å². The molecule has 1 saturated heterocycles. The minimum atomic E-state index is -0.857. The van der Waals surface area contributed by atoms with Crippen LogP contribution in [0.25, 0.3) is 0 Å². The largest absolute Gasteiger partial charge is 0.465 e. The summed E-state index contributed by atoms with van der Waals surface area (Å²) < 4.78 is 10.9. The molecule has 1 aliphatic heterocycles. The predicted octanol–water partition coefficient (Wildman–Crippen LogP) is 8.66. The van der Waals surface area contributed by atoms with E-state index in [-0.39, 0.29) is 49.0 Å². The van der Waals surface area contributed by atoms with E-state index in [4.69, 9.17) is 9.47 Å². The molecule has 8 nitrogen and oxygen atoms in total. The van der Waals surface area contributed by atoms with Gasteiger partial charge < -0.3 is 19.7 Å². The Morgan fingerprint density at radius 2 is 1.82 bits per heavy atom. The monoisotopic (exact) mass is 685 g/mol. The summed E-state index contributed by atoms with van der Waals surface area (Å²) in [5.41, 5.74) is 1.75. The Labute approximate surface area is 297 Å². The molecule has 2 saturated carbocycles. The van der Waals surface area contributed by atoms with Crippen molar-refractivity contribution >= 4 is 23.8 Å². The van der Waals surface area contributed by atoms with Crippen molar-refractivity contribution in [2.45, 2.75) is 150 Å². The lowest BCUT2D eigenvalue weighted by Crippen LogP contribution is -2.43. The van der Waals surface area contributed by atoms with Gasteiger partial charge in [-0.15, -0.1) is 0 Å². The number of rotatable bonds is 14. The lowest BCUT2D eigenvalue weighted by molar-refractivity contribution is -0.149. The molecule has 8 heteroatoms. The molecule has 0 radical (unpaired) electrons. The molecule has 49 heavy (non-hydrogen) atoms. The third kappa shape index (κ3) is 10.8. The van der Waals surface area contributed by atoms with E-state index in [2.05, 4.69) is 46.0 Å². The lowest BCUT2D eigenvalue weighted by atomic mass is 9.55. The second-order valence-corrected chi connectivity index (χ2v) is 16.8. The molecule has 1 heterocycles. The van der Waals surface area contributed by atoms with E-state index in [1.54, 1.807) is 6.92 Å². The van der Waals surface area contributed by atoms with E-state index in [1.807, 2.05) is 0 Å². The number of hydrogen-bond acceptors (Lipinski definition) is 6. The number of nitrogens with zero attached hydrogens (tertiary/aromatic N) is 1. The maximum Gasteiger partial charge on any atom is 0.407 e. The maximum absolute atomic E-state index is 12.7. The average Bonchev–Trinajstić information content (AvgIpc) is 3.48. The highest BCUT2D eigenvalue weighted by molar-refractivity contribution is 6.04. The van der Waals surface area contributed by atoms with Crippen molar-refractivity contribution < 1.29 is 28.7 Å². The molecule has 4 rings (SSSR count). The zero-order valence-electron chi connectivity index (χ0n) is 31.7. The molecule has 2 amide bonds. The molecule has 0 aromatic heterocycles. The number of hydrogen-bond donors (Lipinski definition) is 1. The van der Waals surface area contributed by atoms with Gasteiger partial charge in [-0.2, -0.15) is 0 Å². The molecular formula is C41H68N2O6. The van der Waals surface area contributed by atoms with Crippen molar-refractivity contribution in [2.75, 3.05) is 26.2 Å². The number of carbonyl (C=O) groups excluding carboxylic acids is 4. The number of likely N-dealkylation sites (tertiary alicyclic amines) is 1. The maximum atomic E-state index is 12.7. The highest BCUT2D eigenvalue weighted by Crippen LogP contribution is 2.56. The molecule has 4 aliphatic rings. The van der Waals surface area contributed by atoms with Crippen molar-refractivity contribution in [3.8, 4) is 0 Å². The van der Waals surface area contributed by atoms with Gasteiger partial charge in [0.05, 0.1) is 13.2 Å². The first-order valence-corrected chi connectivity index (χ1v) is 20.0. The minimum Gasteiger partial charge on any atom is -0.465 e. The van der Waals surface area contributed by atoms with Crippen molar-refractivity contribution in [1.82, 2.24) is 10.2 Å². The van der Waals surface area contributed by atoms with Crippen LogP contribution < -0.4 is 5.32 Å². The first-order chi connectivity index (χ1) is 23.4. The Balaban J connectivity index is 1.15. The number of allylic oxidation sites excluding steroid dienone is 1. The van der Waals surface area contributed by atoms with Crippen molar-refractivity contribution in [1.29, 1.82) is 0 Å². The number of nitrogens with one attached hydrogen (secondary N) is 1. The smallest absolute Gasteiger partial charge is 0.407 e. The third-order valence-electron chi connectivity index (χ3n) is 12.8. The van der Waals surface area contributed by atoms with E-state index in [9.17, 15) is 19.2 Å². The lowest BCUT2D eigenvalue weighted by Gasteiger charge is -2.51. The van der Waals surface area contributed by atoms with Gasteiger partial charge in [-0.3, -0.25) is 14.4 Å². The summed E-state index contributed by atoms with van der Waals surface area (Å²) in [7, 11) is 0. The van der Waals surface area contributed by atoms with Crippen LogP contribution in [0.2, 0.25) is 0 Å². The molecule has 8 unspecified atom stereocenters. The Morgan fingerprint density at radius 1 is 1.02 bits per heavy atom. The van der Waals surface area contributed by atoms with Crippen LogP contribution in [-0.4, -0.2) is 61.0 Å². The number of carbonyl (C=O) groups is 4. The van der Waals surface area contributed by atoms with Crippen LogP contribution in [0.5, 0.6) is 0 Å². The number of unbranched alkanes of at least 4 members (excludes halogenated alkanes) is 2. The summed E-state index contributed by atoms with van der Waals surface area (Å²) in [4.78, 5) is 50.8. The zero-order chi connectivity index (χ0) is 35.6. The fourth-order valence-corrected chi connectivity index (χ4v) is 9.80. The van der Waals surface area contributed by atoms with E-state index >= 15 is 0 Å². The normalized spacial score (nSPS) is 31.0. The number of alkyl carbamates (subject to hydrolysis) is 1. The minimum absolute atomic E-state index is 0.0219. The fraction of sp³-hybridized carbons (Fsp3) is 0.854. The SMILES string of the molecule is CCOC(=O)C1CN(C(=O)CCCCCNC(=O)OC2CCC3(C)C(=CCC4CCCC(C(C)CCCC(C)C)C(C)CCC43)C2)CC1=O. The Bertz CT molecular complexity index is 1150.